The number of carboxylic acid groups (broad SMARTS) is 1. The first kappa shape index (κ1) is 28.9. The molecule has 0 aromatic rings. The van der Waals surface area contributed by atoms with Crippen LogP contribution in [0.4, 0.5) is 0 Å². The van der Waals surface area contributed by atoms with Crippen LogP contribution < -0.4 is 0 Å². The minimum Gasteiger partial charge on any atom is -0.481 e. The van der Waals surface area contributed by atoms with Crippen LogP contribution in [-0.2, 0) is 28.5 Å². The summed E-state index contributed by atoms with van der Waals surface area (Å²) < 4.78 is 18.4. The van der Waals surface area contributed by atoms with Crippen LogP contribution in [0, 0.1) is 0 Å². The van der Waals surface area contributed by atoms with Gasteiger partial charge >= 0.3 is 5.97 Å². The van der Waals surface area contributed by atoms with Crippen molar-refractivity contribution in [2.45, 2.75) is 39.9 Å². The fraction of sp³-hybridized carbons (Fsp3) is 0.857. The van der Waals surface area contributed by atoms with Gasteiger partial charge in [0.05, 0.1) is 32.5 Å². The number of rotatable bonds is 5. The molecule has 0 aliphatic rings. The summed E-state index contributed by atoms with van der Waals surface area (Å²) in [6.07, 6.45) is -0.320. The smallest absolute Gasteiger partial charge is 0.302 e. The van der Waals surface area contributed by atoms with Crippen molar-refractivity contribution >= 4 is 11.9 Å². The van der Waals surface area contributed by atoms with Crippen molar-refractivity contribution in [3.63, 3.8) is 0 Å². The highest BCUT2D eigenvalue weighted by atomic mass is 16.5. The zero-order chi connectivity index (χ0) is 18.6. The fourth-order valence-corrected chi connectivity index (χ4v) is 0.586. The lowest BCUT2D eigenvalue weighted by Crippen LogP contribution is -2.20. The van der Waals surface area contributed by atoms with Gasteiger partial charge in [0.25, 0.3) is 5.97 Å². The van der Waals surface area contributed by atoms with Gasteiger partial charge in [0.15, 0.2) is 0 Å². The minimum atomic E-state index is -0.833. The van der Waals surface area contributed by atoms with E-state index in [1.54, 1.807) is 28.3 Å². The molecule has 0 radical (unpaired) electrons. The van der Waals surface area contributed by atoms with E-state index in [4.69, 9.17) is 24.5 Å². The third kappa shape index (κ3) is 77.0. The number of carboxylic acids is 1. The second-order valence-electron chi connectivity index (χ2n) is 4.07. The average Bonchev–Trinajstić information content (AvgIpc) is 2.37. The van der Waals surface area contributed by atoms with Crippen molar-refractivity contribution < 1.29 is 38.7 Å². The Morgan fingerprint density at radius 1 is 1.00 bits per heavy atom. The fourth-order valence-electron chi connectivity index (χ4n) is 0.586. The molecule has 0 saturated heterocycles. The van der Waals surface area contributed by atoms with Crippen LogP contribution in [0.5, 0.6) is 0 Å². The zero-order valence-corrected chi connectivity index (χ0v) is 14.9. The summed E-state index contributed by atoms with van der Waals surface area (Å²) in [7, 11) is 6.23. The number of hydrogen-bond acceptors (Lipinski definition) is 7. The summed E-state index contributed by atoms with van der Waals surface area (Å²) in [6.45, 7) is 7.00. The Balaban J connectivity index is -0.000000113. The van der Waals surface area contributed by atoms with Crippen LogP contribution in [-0.4, -0.2) is 76.0 Å². The molecule has 0 rings (SSSR count). The quantitative estimate of drug-likeness (QED) is 0.718. The molecule has 0 heterocycles. The number of ether oxygens (including phenoxy) is 4. The number of carbonyl (C=O) groups is 2. The topological polar surface area (TPSA) is 112 Å². The molecule has 0 aliphatic carbocycles. The van der Waals surface area contributed by atoms with Crippen molar-refractivity contribution in [2.24, 2.45) is 0 Å². The molecule has 136 valence electrons. The van der Waals surface area contributed by atoms with Gasteiger partial charge in [0.1, 0.15) is 0 Å². The molecule has 0 amide bonds. The van der Waals surface area contributed by atoms with Crippen LogP contribution >= 0.6 is 0 Å². The van der Waals surface area contributed by atoms with Gasteiger partial charge in [0.2, 0.25) is 0 Å². The molecule has 0 spiro atoms. The standard InChI is InChI=1S/C7H16O3.C3H6O2.C2H4O2.C2H6O/c1-6(8)4-10-7(2)5-9-3;1-3(4)5-2;1-2(3)4;1-3-2/h6-8H,4-5H2,1-3H3;1-2H3;1H3,(H,3,4);1-2H3. The molecule has 8 nitrogen and oxygen atoms in total. The molecule has 2 unspecified atom stereocenters. The maximum Gasteiger partial charge on any atom is 0.302 e. The van der Waals surface area contributed by atoms with Crippen LogP contribution in [0.3, 0.4) is 0 Å². The van der Waals surface area contributed by atoms with E-state index in [1.807, 2.05) is 6.92 Å². The monoisotopic (exact) mass is 328 g/mol. The van der Waals surface area contributed by atoms with E-state index in [1.165, 1.54) is 14.0 Å². The SMILES string of the molecule is CC(=O)O.COC.COC(C)=O.COCC(C)OCC(C)O. The van der Waals surface area contributed by atoms with E-state index in [2.05, 4.69) is 9.47 Å². The Morgan fingerprint density at radius 3 is 1.50 bits per heavy atom. The number of carbonyl (C=O) groups excluding carboxylic acids is 1. The number of aliphatic hydroxyl groups excluding tert-OH is 1. The lowest BCUT2D eigenvalue weighted by atomic mass is 10.4. The van der Waals surface area contributed by atoms with Crippen LogP contribution in [0.15, 0.2) is 0 Å². The summed E-state index contributed by atoms with van der Waals surface area (Å²) >= 11 is 0. The van der Waals surface area contributed by atoms with Gasteiger partial charge in [-0.05, 0) is 13.8 Å². The van der Waals surface area contributed by atoms with E-state index >= 15 is 0 Å². The summed E-state index contributed by atoms with van der Waals surface area (Å²) in [6, 6.07) is 0. The van der Waals surface area contributed by atoms with Crippen LogP contribution in [0.2, 0.25) is 0 Å². The molecule has 8 heteroatoms. The van der Waals surface area contributed by atoms with Gasteiger partial charge in [-0.15, -0.1) is 0 Å². The van der Waals surface area contributed by atoms with Crippen molar-refractivity contribution in [2.75, 3.05) is 41.7 Å². The highest BCUT2D eigenvalue weighted by molar-refractivity contribution is 5.65. The Labute approximate surface area is 133 Å². The van der Waals surface area contributed by atoms with Crippen molar-refractivity contribution in [1.29, 1.82) is 0 Å². The molecule has 0 fully saturated rings. The summed E-state index contributed by atoms with van der Waals surface area (Å²) in [5.74, 6) is -1.08. The molecule has 2 atom stereocenters. The van der Waals surface area contributed by atoms with Crippen LogP contribution in [0.1, 0.15) is 27.7 Å². The normalized spacial score (nSPS) is 11.1. The molecule has 0 bridgehead atoms. The van der Waals surface area contributed by atoms with Crippen LogP contribution in [0.25, 0.3) is 0 Å². The summed E-state index contributed by atoms with van der Waals surface area (Å²) in [4.78, 5) is 18.6. The number of hydrogen-bond donors (Lipinski definition) is 2. The first-order valence-corrected chi connectivity index (χ1v) is 6.51. The first-order chi connectivity index (χ1) is 10.1. The van der Waals surface area contributed by atoms with E-state index < -0.39 is 5.97 Å². The zero-order valence-electron chi connectivity index (χ0n) is 14.9. The number of esters is 1. The molecule has 2 N–H and O–H groups in total. The van der Waals surface area contributed by atoms with Gasteiger partial charge < -0.3 is 29.2 Å². The predicted molar refractivity (Wildman–Crippen MR) is 82.9 cm³/mol. The van der Waals surface area contributed by atoms with E-state index in [0.717, 1.165) is 6.92 Å². The van der Waals surface area contributed by atoms with Crippen molar-refractivity contribution in [3.8, 4) is 0 Å². The predicted octanol–water partition coefficient (Wildman–Crippen LogP) is 0.952. The Bertz CT molecular complexity index is 227. The van der Waals surface area contributed by atoms with Crippen molar-refractivity contribution in [3.05, 3.63) is 0 Å². The third-order valence-corrected chi connectivity index (χ3v) is 1.31. The third-order valence-electron chi connectivity index (χ3n) is 1.31. The van der Waals surface area contributed by atoms with E-state index in [-0.39, 0.29) is 18.2 Å². The molecule has 0 aromatic carbocycles. The second kappa shape index (κ2) is 24.8. The Hall–Kier alpha value is -1.22. The molecule has 0 aliphatic heterocycles. The summed E-state index contributed by atoms with van der Waals surface area (Å²) in [5, 5.41) is 16.2. The number of aliphatic hydroxyl groups is 1. The highest BCUT2D eigenvalue weighted by Crippen LogP contribution is 1.92. The van der Waals surface area contributed by atoms with Gasteiger partial charge in [-0.1, -0.05) is 0 Å². The Kier molecular flexibility index (Phi) is 32.5. The minimum absolute atomic E-state index is 0.0691. The van der Waals surface area contributed by atoms with Gasteiger partial charge in [-0.25, -0.2) is 0 Å². The molecule has 0 aromatic heterocycles. The van der Waals surface area contributed by atoms with E-state index in [0.29, 0.717) is 13.2 Å². The molecular weight excluding hydrogens is 296 g/mol. The first-order valence-electron chi connectivity index (χ1n) is 6.51. The number of aliphatic carboxylic acids is 1. The van der Waals surface area contributed by atoms with Gasteiger partial charge in [0, 0.05) is 35.2 Å². The number of methoxy groups -OCH3 is 3. The largest absolute Gasteiger partial charge is 0.481 e. The second-order valence-corrected chi connectivity index (χ2v) is 4.07. The lowest BCUT2D eigenvalue weighted by Gasteiger charge is -2.12. The van der Waals surface area contributed by atoms with E-state index in [9.17, 15) is 4.79 Å². The maximum absolute atomic E-state index is 9.59. The maximum atomic E-state index is 9.59. The van der Waals surface area contributed by atoms with Crippen molar-refractivity contribution in [1.82, 2.24) is 0 Å². The lowest BCUT2D eigenvalue weighted by molar-refractivity contribution is -0.138. The molecule has 0 saturated carbocycles. The Morgan fingerprint density at radius 2 is 1.32 bits per heavy atom. The average molecular weight is 328 g/mol. The molecular formula is C14H32O8. The van der Waals surface area contributed by atoms with Gasteiger partial charge in [-0.3, -0.25) is 9.59 Å². The summed E-state index contributed by atoms with van der Waals surface area (Å²) in [5.41, 5.74) is 0. The van der Waals surface area contributed by atoms with Gasteiger partial charge in [-0.2, -0.15) is 0 Å². The highest BCUT2D eigenvalue weighted by Gasteiger charge is 2.02. The molecule has 22 heavy (non-hydrogen) atoms.